The van der Waals surface area contributed by atoms with Crippen LogP contribution in [-0.2, 0) is 17.9 Å². The van der Waals surface area contributed by atoms with Crippen LogP contribution in [0.5, 0.6) is 0 Å². The number of aryl methyl sites for hydroxylation is 2. The Kier molecular flexibility index (Phi) is 4.95. The van der Waals surface area contributed by atoms with Crippen LogP contribution < -0.4 is 4.90 Å². The lowest BCUT2D eigenvalue weighted by Gasteiger charge is -2.20. The molecule has 31 heavy (non-hydrogen) atoms. The summed E-state index contributed by atoms with van der Waals surface area (Å²) in [7, 11) is 0. The van der Waals surface area contributed by atoms with E-state index in [9.17, 15) is 4.79 Å². The number of hydrogen-bond donors (Lipinski definition) is 0. The number of fused-ring (bicyclic) bond motifs is 2. The zero-order valence-corrected chi connectivity index (χ0v) is 18.1. The van der Waals surface area contributed by atoms with Crippen LogP contribution in [0, 0.1) is 13.8 Å². The van der Waals surface area contributed by atoms with Gasteiger partial charge in [0.25, 0.3) is 5.91 Å². The van der Waals surface area contributed by atoms with Crippen LogP contribution in [0.15, 0.2) is 66.7 Å². The van der Waals surface area contributed by atoms with Crippen LogP contribution in [0.25, 0.3) is 21.3 Å². The molecule has 3 aromatic carbocycles. The first-order valence-corrected chi connectivity index (χ1v) is 10.9. The lowest BCUT2D eigenvalue weighted by molar-refractivity contribution is -0.119. The monoisotopic (exact) mass is 427 g/mol. The van der Waals surface area contributed by atoms with Crippen molar-refractivity contribution >= 4 is 43.6 Å². The second-order valence-electron chi connectivity index (χ2n) is 7.63. The topological polar surface area (TPSA) is 63.9 Å². The van der Waals surface area contributed by atoms with Gasteiger partial charge in [-0.15, -0.1) is 5.10 Å². The number of hydrogen-bond acceptors (Lipinski definition) is 5. The molecule has 0 fully saturated rings. The number of carbonyl (C=O) groups excluding carboxylic acids is 1. The standard InChI is InChI=1S/C24H21N5OS/c1-16-12-17(2)23-21(13-16)31-24(25-23)28(14-18-8-4-3-5-9-18)22(30)15-29-20-11-7-6-10-19(20)26-27-29/h3-13H,14-15H2,1-2H3. The third-order valence-electron chi connectivity index (χ3n) is 5.24. The lowest BCUT2D eigenvalue weighted by atomic mass is 10.1. The van der Waals surface area contributed by atoms with Gasteiger partial charge in [-0.3, -0.25) is 9.69 Å². The van der Waals surface area contributed by atoms with E-state index in [1.54, 1.807) is 20.9 Å². The van der Waals surface area contributed by atoms with Crippen molar-refractivity contribution in [2.75, 3.05) is 4.90 Å². The molecule has 7 heteroatoms. The molecule has 0 saturated heterocycles. The summed E-state index contributed by atoms with van der Waals surface area (Å²) >= 11 is 1.55. The van der Waals surface area contributed by atoms with E-state index in [1.165, 1.54) is 5.56 Å². The quantitative estimate of drug-likeness (QED) is 0.401. The molecule has 0 aliphatic carbocycles. The number of rotatable bonds is 5. The predicted octanol–water partition coefficient (Wildman–Crippen LogP) is 4.89. The smallest absolute Gasteiger partial charge is 0.250 e. The predicted molar refractivity (Wildman–Crippen MR) is 124 cm³/mol. The molecule has 5 aromatic rings. The van der Waals surface area contributed by atoms with E-state index in [2.05, 4.69) is 36.3 Å². The number of aromatic nitrogens is 4. The third kappa shape index (κ3) is 3.80. The van der Waals surface area contributed by atoms with Gasteiger partial charge in [-0.25, -0.2) is 9.67 Å². The Bertz CT molecular complexity index is 1390. The van der Waals surface area contributed by atoms with Crippen molar-refractivity contribution in [2.24, 2.45) is 0 Å². The maximum absolute atomic E-state index is 13.5. The minimum absolute atomic E-state index is 0.0760. The van der Waals surface area contributed by atoms with Crippen LogP contribution in [0.1, 0.15) is 16.7 Å². The summed E-state index contributed by atoms with van der Waals surface area (Å²) in [5.41, 5.74) is 5.92. The summed E-state index contributed by atoms with van der Waals surface area (Å²) in [5, 5.41) is 9.06. The van der Waals surface area contributed by atoms with Crippen LogP contribution in [0.2, 0.25) is 0 Å². The third-order valence-corrected chi connectivity index (χ3v) is 6.26. The lowest BCUT2D eigenvalue weighted by Crippen LogP contribution is -2.33. The second kappa shape index (κ2) is 7.92. The highest BCUT2D eigenvalue weighted by molar-refractivity contribution is 7.22. The van der Waals surface area contributed by atoms with Gasteiger partial charge in [-0.1, -0.05) is 65.1 Å². The maximum Gasteiger partial charge on any atom is 0.250 e. The highest BCUT2D eigenvalue weighted by atomic mass is 32.1. The van der Waals surface area contributed by atoms with Gasteiger partial charge in [-0.2, -0.15) is 0 Å². The molecule has 154 valence electrons. The van der Waals surface area contributed by atoms with Gasteiger partial charge in [0.2, 0.25) is 0 Å². The van der Waals surface area contributed by atoms with Crippen molar-refractivity contribution in [1.29, 1.82) is 0 Å². The molecule has 0 bridgehead atoms. The zero-order chi connectivity index (χ0) is 21.4. The van der Waals surface area contributed by atoms with Crippen LogP contribution in [-0.4, -0.2) is 25.9 Å². The normalized spacial score (nSPS) is 11.3. The number of benzene rings is 3. The van der Waals surface area contributed by atoms with Gasteiger partial charge >= 0.3 is 0 Å². The van der Waals surface area contributed by atoms with Crippen molar-refractivity contribution in [3.63, 3.8) is 0 Å². The fourth-order valence-corrected chi connectivity index (χ4v) is 4.91. The molecule has 0 radical (unpaired) electrons. The summed E-state index contributed by atoms with van der Waals surface area (Å²) < 4.78 is 2.74. The average Bonchev–Trinajstić information content (AvgIpc) is 3.37. The highest BCUT2D eigenvalue weighted by Gasteiger charge is 2.22. The van der Waals surface area contributed by atoms with Crippen molar-refractivity contribution in [2.45, 2.75) is 26.9 Å². The average molecular weight is 428 g/mol. The fourth-order valence-electron chi connectivity index (χ4n) is 3.75. The summed E-state index contributed by atoms with van der Waals surface area (Å²) in [6.07, 6.45) is 0. The Morgan fingerprint density at radius 3 is 2.65 bits per heavy atom. The molecule has 0 N–H and O–H groups in total. The molecule has 1 amide bonds. The van der Waals surface area contributed by atoms with Crippen molar-refractivity contribution in [3.05, 3.63) is 83.4 Å². The molecule has 2 heterocycles. The van der Waals surface area contributed by atoms with Crippen LogP contribution >= 0.6 is 11.3 Å². The SMILES string of the molecule is Cc1cc(C)c2nc(N(Cc3ccccc3)C(=O)Cn3nnc4ccccc43)sc2c1. The van der Waals surface area contributed by atoms with Gasteiger partial charge in [-0.05, 0) is 48.7 Å². The van der Waals surface area contributed by atoms with Gasteiger partial charge < -0.3 is 0 Å². The Balaban J connectivity index is 1.54. The van der Waals surface area contributed by atoms with E-state index in [-0.39, 0.29) is 12.5 Å². The van der Waals surface area contributed by atoms with Gasteiger partial charge in [0.15, 0.2) is 5.13 Å². The first-order chi connectivity index (χ1) is 15.1. The summed E-state index contributed by atoms with van der Waals surface area (Å²) in [6, 6.07) is 21.9. The van der Waals surface area contributed by atoms with Gasteiger partial charge in [0.05, 0.1) is 22.3 Å². The van der Waals surface area contributed by atoms with Crippen LogP contribution in [0.4, 0.5) is 5.13 Å². The number of amides is 1. The summed E-state index contributed by atoms with van der Waals surface area (Å²) in [5.74, 6) is -0.0760. The molecule has 0 aliphatic heterocycles. The first kappa shape index (κ1) is 19.4. The first-order valence-electron chi connectivity index (χ1n) is 10.1. The number of anilines is 1. The number of thiazole rings is 1. The Morgan fingerprint density at radius 1 is 1.03 bits per heavy atom. The van der Waals surface area contributed by atoms with Gasteiger partial charge in [0.1, 0.15) is 12.1 Å². The molecular weight excluding hydrogens is 406 g/mol. The summed E-state index contributed by atoms with van der Waals surface area (Å²) in [6.45, 7) is 4.68. The number of nitrogens with zero attached hydrogens (tertiary/aromatic N) is 5. The van der Waals surface area contributed by atoms with E-state index in [1.807, 2.05) is 54.6 Å². The van der Waals surface area contributed by atoms with Gasteiger partial charge in [0, 0.05) is 0 Å². The molecule has 6 nitrogen and oxygen atoms in total. The number of carbonyl (C=O) groups is 1. The molecule has 0 saturated carbocycles. The van der Waals surface area contributed by atoms with Crippen molar-refractivity contribution in [3.8, 4) is 0 Å². The molecule has 5 rings (SSSR count). The second-order valence-corrected chi connectivity index (χ2v) is 8.64. The Hall–Kier alpha value is -3.58. The molecular formula is C24H21N5OS. The molecule has 0 unspecified atom stereocenters. The Morgan fingerprint density at radius 2 is 1.81 bits per heavy atom. The van der Waals surface area contributed by atoms with E-state index in [0.29, 0.717) is 11.7 Å². The maximum atomic E-state index is 13.5. The van der Waals surface area contributed by atoms with E-state index >= 15 is 0 Å². The minimum atomic E-state index is -0.0760. The minimum Gasteiger partial charge on any atom is -0.282 e. The fraction of sp³-hybridized carbons (Fsp3) is 0.167. The Labute approximate surface area is 183 Å². The van der Waals surface area contributed by atoms with E-state index in [4.69, 9.17) is 4.98 Å². The molecule has 0 aliphatic rings. The van der Waals surface area contributed by atoms with Crippen molar-refractivity contribution in [1.82, 2.24) is 20.0 Å². The van der Waals surface area contributed by atoms with Crippen molar-refractivity contribution < 1.29 is 4.79 Å². The highest BCUT2D eigenvalue weighted by Crippen LogP contribution is 2.32. The zero-order valence-electron chi connectivity index (χ0n) is 17.3. The number of para-hydroxylation sites is 1. The summed E-state index contributed by atoms with van der Waals surface area (Å²) in [4.78, 5) is 20.1. The van der Waals surface area contributed by atoms with E-state index < -0.39 is 0 Å². The largest absolute Gasteiger partial charge is 0.282 e. The van der Waals surface area contributed by atoms with Crippen LogP contribution in [0.3, 0.4) is 0 Å². The molecule has 0 atom stereocenters. The van der Waals surface area contributed by atoms with E-state index in [0.717, 1.165) is 32.4 Å². The molecule has 0 spiro atoms. The molecule has 2 aromatic heterocycles.